The minimum Gasteiger partial charge on any atom is -0.495 e. The van der Waals surface area contributed by atoms with E-state index in [4.69, 9.17) is 22.2 Å². The highest BCUT2D eigenvalue weighted by Crippen LogP contribution is 2.36. The van der Waals surface area contributed by atoms with Crippen LogP contribution in [-0.2, 0) is 0 Å². The Kier molecular flexibility index (Phi) is 5.69. The van der Waals surface area contributed by atoms with Gasteiger partial charge < -0.3 is 10.1 Å². The van der Waals surface area contributed by atoms with Crippen LogP contribution in [0.2, 0.25) is 0 Å². The highest BCUT2D eigenvalue weighted by atomic mass is 79.9. The summed E-state index contributed by atoms with van der Waals surface area (Å²) in [5.41, 5.74) is 1.30. The number of carbonyl (C=O) groups excluding carboxylic acids is 1. The highest BCUT2D eigenvalue weighted by molar-refractivity contribution is 9.10. The minimum atomic E-state index is -0.412. The number of methoxy groups -OCH3 is 1. The minimum absolute atomic E-state index is 0.0917. The van der Waals surface area contributed by atoms with Crippen LogP contribution in [0.5, 0.6) is 5.75 Å². The van der Waals surface area contributed by atoms with Crippen molar-refractivity contribution in [2.75, 3.05) is 12.4 Å². The third kappa shape index (κ3) is 3.92. The zero-order valence-electron chi connectivity index (χ0n) is 14.2. The molecule has 7 heteroatoms. The fourth-order valence-corrected chi connectivity index (χ4v) is 3.61. The predicted molar refractivity (Wildman–Crippen MR) is 113 cm³/mol. The number of hydrogen-bond acceptors (Lipinski definition) is 4. The maximum atomic E-state index is 12.8. The number of nitrogens with one attached hydrogen (secondary N) is 2. The van der Waals surface area contributed by atoms with Crippen molar-refractivity contribution in [2.45, 2.75) is 0 Å². The molecule has 0 saturated carbocycles. The Morgan fingerprint density at radius 3 is 2.63 bits per heavy atom. The second-order valence-corrected chi connectivity index (χ2v) is 6.76. The summed E-state index contributed by atoms with van der Waals surface area (Å²) in [7, 11) is 1.51. The summed E-state index contributed by atoms with van der Waals surface area (Å²) in [6, 6.07) is 18.4. The highest BCUT2D eigenvalue weighted by Gasteiger charge is 2.19. The lowest BCUT2D eigenvalue weighted by atomic mass is 10.1. The Hall–Kier alpha value is -2.95. The SMILES string of the molecule is COc1c(C(=O)NC(=S)Nc2ccccc2C#N)cc2ccccc2c1Br. The lowest BCUT2D eigenvalue weighted by Gasteiger charge is -2.15. The van der Waals surface area contributed by atoms with Gasteiger partial charge in [-0.25, -0.2) is 0 Å². The number of amides is 1. The molecule has 0 aliphatic heterocycles. The summed E-state index contributed by atoms with van der Waals surface area (Å²) >= 11 is 8.73. The van der Waals surface area contributed by atoms with Crippen LogP contribution in [0.3, 0.4) is 0 Å². The average molecular weight is 440 g/mol. The molecule has 3 aromatic carbocycles. The number of rotatable bonds is 3. The first-order valence-corrected chi connectivity index (χ1v) is 9.12. The number of anilines is 1. The second kappa shape index (κ2) is 8.16. The Morgan fingerprint density at radius 1 is 1.19 bits per heavy atom. The molecule has 134 valence electrons. The normalized spacial score (nSPS) is 10.1. The maximum Gasteiger partial charge on any atom is 0.261 e. The summed E-state index contributed by atoms with van der Waals surface area (Å²) in [5, 5.41) is 16.6. The third-order valence-corrected chi connectivity index (χ3v) is 4.90. The predicted octanol–water partition coefficient (Wildman–Crippen LogP) is 4.61. The van der Waals surface area contributed by atoms with E-state index in [1.807, 2.05) is 24.3 Å². The molecule has 0 saturated heterocycles. The van der Waals surface area contributed by atoms with Crippen LogP contribution in [0.1, 0.15) is 15.9 Å². The van der Waals surface area contributed by atoms with Gasteiger partial charge in [0.2, 0.25) is 0 Å². The maximum absolute atomic E-state index is 12.8. The van der Waals surface area contributed by atoms with E-state index >= 15 is 0 Å². The molecule has 3 rings (SSSR count). The van der Waals surface area contributed by atoms with E-state index in [2.05, 4.69) is 32.6 Å². The second-order valence-electron chi connectivity index (χ2n) is 5.56. The van der Waals surface area contributed by atoms with Gasteiger partial charge in [-0.2, -0.15) is 5.26 Å². The molecule has 0 radical (unpaired) electrons. The molecule has 0 aliphatic rings. The first-order valence-electron chi connectivity index (χ1n) is 7.92. The summed E-state index contributed by atoms with van der Waals surface area (Å²) in [6.45, 7) is 0. The van der Waals surface area contributed by atoms with Crippen molar-refractivity contribution in [1.29, 1.82) is 5.26 Å². The van der Waals surface area contributed by atoms with Crippen molar-refractivity contribution in [3.05, 3.63) is 70.2 Å². The number of thiocarbonyl (C=S) groups is 1. The fraction of sp³-hybridized carbons (Fsp3) is 0.0500. The molecular formula is C20H14BrN3O2S. The standard InChI is InChI=1S/C20H14BrN3O2S/c1-26-18-15(10-12-6-2-4-8-14(12)17(18)21)19(25)24-20(27)23-16-9-5-3-7-13(16)11-22/h2-10H,1H3,(H2,23,24,25,27). The quantitative estimate of drug-likeness (QED) is 0.582. The Labute approximate surface area is 170 Å². The first-order chi connectivity index (χ1) is 13.0. The van der Waals surface area contributed by atoms with E-state index in [0.29, 0.717) is 27.0 Å². The number of nitrogens with zero attached hydrogens (tertiary/aromatic N) is 1. The van der Waals surface area contributed by atoms with Gasteiger partial charge >= 0.3 is 0 Å². The molecule has 0 bridgehead atoms. The number of benzene rings is 3. The van der Waals surface area contributed by atoms with E-state index in [9.17, 15) is 4.79 Å². The van der Waals surface area contributed by atoms with Crippen LogP contribution in [0, 0.1) is 11.3 Å². The summed E-state index contributed by atoms with van der Waals surface area (Å²) in [4.78, 5) is 12.8. The largest absolute Gasteiger partial charge is 0.495 e. The number of nitriles is 1. The van der Waals surface area contributed by atoms with Crippen LogP contribution in [0.25, 0.3) is 10.8 Å². The molecule has 0 heterocycles. The Balaban J connectivity index is 1.88. The van der Waals surface area contributed by atoms with E-state index < -0.39 is 5.91 Å². The topological polar surface area (TPSA) is 74.2 Å². The molecule has 5 nitrogen and oxygen atoms in total. The molecule has 27 heavy (non-hydrogen) atoms. The number of para-hydroxylation sites is 1. The fourth-order valence-electron chi connectivity index (χ4n) is 2.67. The molecule has 0 unspecified atom stereocenters. The van der Waals surface area contributed by atoms with Crippen molar-refractivity contribution in [1.82, 2.24) is 5.32 Å². The van der Waals surface area contributed by atoms with Gasteiger partial charge in [0, 0.05) is 0 Å². The molecular weight excluding hydrogens is 426 g/mol. The monoisotopic (exact) mass is 439 g/mol. The van der Waals surface area contributed by atoms with Gasteiger partial charge in [-0.05, 0) is 57.1 Å². The number of fused-ring (bicyclic) bond motifs is 1. The van der Waals surface area contributed by atoms with Crippen molar-refractivity contribution < 1.29 is 9.53 Å². The van der Waals surface area contributed by atoms with Gasteiger partial charge in [-0.1, -0.05) is 36.4 Å². The van der Waals surface area contributed by atoms with E-state index in [1.54, 1.807) is 30.3 Å². The summed E-state index contributed by atoms with van der Waals surface area (Å²) in [6.07, 6.45) is 0. The van der Waals surface area contributed by atoms with Gasteiger partial charge in [0.05, 0.1) is 28.4 Å². The molecule has 0 spiro atoms. The van der Waals surface area contributed by atoms with Crippen molar-refractivity contribution in [3.8, 4) is 11.8 Å². The molecule has 0 aromatic heterocycles. The van der Waals surface area contributed by atoms with Crippen molar-refractivity contribution in [3.63, 3.8) is 0 Å². The Morgan fingerprint density at radius 2 is 1.89 bits per heavy atom. The summed E-state index contributed by atoms with van der Waals surface area (Å²) in [5.74, 6) is 0.0108. The van der Waals surface area contributed by atoms with Gasteiger partial charge in [-0.3, -0.25) is 10.1 Å². The zero-order chi connectivity index (χ0) is 19.4. The lowest BCUT2D eigenvalue weighted by molar-refractivity contribution is 0.0975. The van der Waals surface area contributed by atoms with Gasteiger partial charge in [-0.15, -0.1) is 0 Å². The van der Waals surface area contributed by atoms with E-state index in [0.717, 1.165) is 10.8 Å². The van der Waals surface area contributed by atoms with Crippen molar-refractivity contribution >= 4 is 55.6 Å². The Bertz CT molecular complexity index is 1090. The number of hydrogen-bond donors (Lipinski definition) is 2. The zero-order valence-corrected chi connectivity index (χ0v) is 16.6. The smallest absolute Gasteiger partial charge is 0.261 e. The molecule has 1 amide bonds. The average Bonchev–Trinajstić information content (AvgIpc) is 2.68. The first kappa shape index (κ1) is 18.8. The molecule has 2 N–H and O–H groups in total. The van der Waals surface area contributed by atoms with E-state index in [1.165, 1.54) is 7.11 Å². The molecule has 0 atom stereocenters. The van der Waals surface area contributed by atoms with Crippen molar-refractivity contribution in [2.24, 2.45) is 0 Å². The number of halogens is 1. The third-order valence-electron chi connectivity index (χ3n) is 3.91. The number of carbonyl (C=O) groups is 1. The van der Waals surface area contributed by atoms with Crippen LogP contribution in [-0.4, -0.2) is 18.1 Å². The van der Waals surface area contributed by atoms with Gasteiger partial charge in [0.1, 0.15) is 11.8 Å². The van der Waals surface area contributed by atoms with Crippen LogP contribution in [0.15, 0.2) is 59.1 Å². The van der Waals surface area contributed by atoms with Gasteiger partial charge in [0.25, 0.3) is 5.91 Å². The van der Waals surface area contributed by atoms with Crippen LogP contribution in [0.4, 0.5) is 5.69 Å². The van der Waals surface area contributed by atoms with E-state index in [-0.39, 0.29) is 5.11 Å². The number of ether oxygens (including phenoxy) is 1. The molecule has 3 aromatic rings. The summed E-state index contributed by atoms with van der Waals surface area (Å²) < 4.78 is 6.12. The van der Waals surface area contributed by atoms with Gasteiger partial charge in [0.15, 0.2) is 5.11 Å². The lowest BCUT2D eigenvalue weighted by Crippen LogP contribution is -2.34. The molecule has 0 fully saturated rings. The van der Waals surface area contributed by atoms with Crippen LogP contribution >= 0.6 is 28.1 Å². The van der Waals surface area contributed by atoms with Crippen LogP contribution < -0.4 is 15.4 Å². The molecule has 0 aliphatic carbocycles.